The number of nitrogens with one attached hydrogen (secondary N) is 2. The Bertz CT molecular complexity index is 1250. The van der Waals surface area contributed by atoms with Crippen LogP contribution < -0.4 is 18.9 Å². The first-order chi connectivity index (χ1) is 15.1. The molecule has 3 rings (SSSR count). The molecule has 0 saturated carbocycles. The van der Waals surface area contributed by atoms with E-state index in [0.29, 0.717) is 22.6 Å². The zero-order valence-corrected chi connectivity index (χ0v) is 19.7. The molecule has 170 valence electrons. The summed E-state index contributed by atoms with van der Waals surface area (Å²) in [5, 5.41) is 0. The van der Waals surface area contributed by atoms with Crippen LogP contribution in [0.5, 0.6) is 11.5 Å². The van der Waals surface area contributed by atoms with E-state index in [4.69, 9.17) is 9.47 Å². The second kappa shape index (κ2) is 9.09. The first-order valence-corrected chi connectivity index (χ1v) is 12.5. The van der Waals surface area contributed by atoms with E-state index >= 15 is 0 Å². The Labute approximate surface area is 188 Å². The standard InChI is InChI=1S/C22H24N2O6S2/c1-15-13-16(2)22(32(27,28)24-18-10-6-8-12-20(18)30-4)14-21(15)31(25,26)23-17-9-5-7-11-19(17)29-3/h5-14,23-24H,1-4H3. The molecule has 3 aromatic carbocycles. The van der Waals surface area contributed by atoms with Crippen LogP contribution in [0.25, 0.3) is 0 Å². The van der Waals surface area contributed by atoms with Gasteiger partial charge in [0.05, 0.1) is 35.4 Å². The van der Waals surface area contributed by atoms with Gasteiger partial charge in [0, 0.05) is 0 Å². The third-order valence-corrected chi connectivity index (χ3v) is 7.77. The Kier molecular flexibility index (Phi) is 6.65. The molecule has 0 fully saturated rings. The molecule has 0 atom stereocenters. The summed E-state index contributed by atoms with van der Waals surface area (Å²) in [6.45, 7) is 3.21. The first kappa shape index (κ1) is 23.4. The molecule has 0 heterocycles. The van der Waals surface area contributed by atoms with E-state index < -0.39 is 20.0 Å². The maximum atomic E-state index is 13.1. The van der Waals surface area contributed by atoms with E-state index in [1.165, 1.54) is 20.3 Å². The third-order valence-electron chi connectivity index (χ3n) is 4.75. The average Bonchev–Trinajstić information content (AvgIpc) is 2.73. The second-order valence-corrected chi connectivity index (χ2v) is 10.3. The Balaban J connectivity index is 2.05. The summed E-state index contributed by atoms with van der Waals surface area (Å²) in [5.41, 5.74) is 1.29. The fourth-order valence-corrected chi connectivity index (χ4v) is 5.97. The lowest BCUT2D eigenvalue weighted by atomic mass is 10.2. The van der Waals surface area contributed by atoms with E-state index in [1.54, 1.807) is 62.4 Å². The van der Waals surface area contributed by atoms with Gasteiger partial charge in [0.2, 0.25) is 0 Å². The lowest BCUT2D eigenvalue weighted by molar-refractivity contribution is 0.417. The monoisotopic (exact) mass is 476 g/mol. The predicted octanol–water partition coefficient (Wildman–Crippen LogP) is 3.92. The van der Waals surface area contributed by atoms with E-state index in [9.17, 15) is 16.8 Å². The maximum absolute atomic E-state index is 13.1. The molecule has 0 aliphatic heterocycles. The van der Waals surface area contributed by atoms with Crippen molar-refractivity contribution in [2.24, 2.45) is 0 Å². The van der Waals surface area contributed by atoms with Gasteiger partial charge in [-0.3, -0.25) is 9.44 Å². The fraction of sp³-hybridized carbons (Fsp3) is 0.182. The van der Waals surface area contributed by atoms with Gasteiger partial charge in [-0.1, -0.05) is 30.3 Å². The summed E-state index contributed by atoms with van der Waals surface area (Å²) < 4.78 is 67.9. The number of benzene rings is 3. The van der Waals surface area contributed by atoms with Gasteiger partial charge in [-0.25, -0.2) is 16.8 Å². The summed E-state index contributed by atoms with van der Waals surface area (Å²) in [6.07, 6.45) is 0. The fourth-order valence-electron chi connectivity index (χ4n) is 3.25. The summed E-state index contributed by atoms with van der Waals surface area (Å²) in [4.78, 5) is -0.316. The van der Waals surface area contributed by atoms with E-state index in [-0.39, 0.29) is 21.2 Å². The molecule has 0 aromatic heterocycles. The highest BCUT2D eigenvalue weighted by atomic mass is 32.2. The second-order valence-electron chi connectivity index (χ2n) is 6.99. The summed E-state index contributed by atoms with van der Waals surface area (Å²) in [6, 6.07) is 15.8. The van der Waals surface area contributed by atoms with Gasteiger partial charge >= 0.3 is 0 Å². The Morgan fingerprint density at radius 3 is 1.38 bits per heavy atom. The molecule has 3 aromatic rings. The highest BCUT2D eigenvalue weighted by molar-refractivity contribution is 7.93. The summed E-state index contributed by atoms with van der Waals surface area (Å²) >= 11 is 0. The topological polar surface area (TPSA) is 111 Å². The van der Waals surface area contributed by atoms with Gasteiger partial charge in [-0.05, 0) is 55.3 Å². The Morgan fingerprint density at radius 2 is 1.00 bits per heavy atom. The lowest BCUT2D eigenvalue weighted by Gasteiger charge is -2.17. The van der Waals surface area contributed by atoms with Crippen LogP contribution in [0.3, 0.4) is 0 Å². The van der Waals surface area contributed by atoms with Gasteiger partial charge in [-0.15, -0.1) is 0 Å². The molecular formula is C22H24N2O6S2. The molecule has 0 amide bonds. The van der Waals surface area contributed by atoms with Crippen molar-refractivity contribution in [3.8, 4) is 11.5 Å². The van der Waals surface area contributed by atoms with Crippen molar-refractivity contribution in [3.05, 3.63) is 71.8 Å². The van der Waals surface area contributed by atoms with Crippen LogP contribution in [0.4, 0.5) is 11.4 Å². The number of ether oxygens (including phenoxy) is 2. The van der Waals surface area contributed by atoms with Crippen LogP contribution in [0.1, 0.15) is 11.1 Å². The van der Waals surface area contributed by atoms with E-state index in [1.807, 2.05) is 0 Å². The van der Waals surface area contributed by atoms with Crippen molar-refractivity contribution in [1.82, 2.24) is 0 Å². The molecule has 10 heteroatoms. The highest BCUT2D eigenvalue weighted by Gasteiger charge is 2.25. The van der Waals surface area contributed by atoms with Crippen molar-refractivity contribution in [1.29, 1.82) is 0 Å². The first-order valence-electron chi connectivity index (χ1n) is 9.52. The number of hydrogen-bond acceptors (Lipinski definition) is 6. The molecule has 0 aliphatic carbocycles. The number of sulfonamides is 2. The van der Waals surface area contributed by atoms with E-state index in [2.05, 4.69) is 9.44 Å². The van der Waals surface area contributed by atoms with Gasteiger partial charge in [0.15, 0.2) is 0 Å². The van der Waals surface area contributed by atoms with Gasteiger partial charge < -0.3 is 9.47 Å². The zero-order valence-electron chi connectivity index (χ0n) is 18.0. The van der Waals surface area contributed by atoms with Crippen molar-refractivity contribution < 1.29 is 26.3 Å². The Hall–Kier alpha value is -3.24. The van der Waals surface area contributed by atoms with Crippen molar-refractivity contribution in [2.75, 3.05) is 23.7 Å². The molecule has 0 bridgehead atoms. The molecule has 2 N–H and O–H groups in total. The molecule has 32 heavy (non-hydrogen) atoms. The minimum atomic E-state index is -4.11. The molecule has 8 nitrogen and oxygen atoms in total. The largest absolute Gasteiger partial charge is 0.495 e. The minimum Gasteiger partial charge on any atom is -0.495 e. The van der Waals surface area contributed by atoms with E-state index in [0.717, 1.165) is 6.07 Å². The van der Waals surface area contributed by atoms with Gasteiger partial charge in [-0.2, -0.15) is 0 Å². The smallest absolute Gasteiger partial charge is 0.262 e. The van der Waals surface area contributed by atoms with Crippen LogP contribution >= 0.6 is 0 Å². The minimum absolute atomic E-state index is 0.158. The molecule has 0 saturated heterocycles. The summed E-state index contributed by atoms with van der Waals surface area (Å²) in [7, 11) is -5.36. The molecule has 0 spiro atoms. The highest BCUT2D eigenvalue weighted by Crippen LogP contribution is 2.31. The van der Waals surface area contributed by atoms with Crippen LogP contribution in [-0.4, -0.2) is 31.1 Å². The number of methoxy groups -OCH3 is 2. The third kappa shape index (κ3) is 4.81. The lowest BCUT2D eigenvalue weighted by Crippen LogP contribution is -2.19. The quantitative estimate of drug-likeness (QED) is 0.510. The summed E-state index contributed by atoms with van der Waals surface area (Å²) in [5.74, 6) is 0.679. The van der Waals surface area contributed by atoms with Crippen LogP contribution in [0.2, 0.25) is 0 Å². The molecule has 0 unspecified atom stereocenters. The normalized spacial score (nSPS) is 11.6. The zero-order chi connectivity index (χ0) is 23.5. The number of para-hydroxylation sites is 4. The van der Waals surface area contributed by atoms with Gasteiger partial charge in [0.1, 0.15) is 11.5 Å². The number of rotatable bonds is 8. The molecular weight excluding hydrogens is 452 g/mol. The predicted molar refractivity (Wildman–Crippen MR) is 124 cm³/mol. The number of hydrogen-bond donors (Lipinski definition) is 2. The van der Waals surface area contributed by atoms with Gasteiger partial charge in [0.25, 0.3) is 20.0 Å². The SMILES string of the molecule is COc1ccccc1NS(=O)(=O)c1cc(S(=O)(=O)Nc2ccccc2OC)c(C)cc1C. The Morgan fingerprint density at radius 1 is 0.625 bits per heavy atom. The van der Waals surface area contributed by atoms with Crippen molar-refractivity contribution in [2.45, 2.75) is 23.6 Å². The van der Waals surface area contributed by atoms with Crippen LogP contribution in [-0.2, 0) is 20.0 Å². The molecule has 0 aliphatic rings. The maximum Gasteiger partial charge on any atom is 0.262 e. The number of aryl methyl sites for hydroxylation is 2. The number of anilines is 2. The molecule has 0 radical (unpaired) electrons. The van der Waals surface area contributed by atoms with Crippen molar-refractivity contribution in [3.63, 3.8) is 0 Å². The van der Waals surface area contributed by atoms with Crippen molar-refractivity contribution >= 4 is 31.4 Å². The van der Waals surface area contributed by atoms with Crippen LogP contribution in [0.15, 0.2) is 70.5 Å². The van der Waals surface area contributed by atoms with Crippen LogP contribution in [0, 0.1) is 13.8 Å². The average molecular weight is 477 g/mol.